The number of hydrogen-bond donors (Lipinski definition) is 0. The molecule has 0 N–H and O–H groups in total. The number of carbonyl (C=O) groups excluding carboxylic acids is 1. The highest BCUT2D eigenvalue weighted by Crippen LogP contribution is 2.19. The lowest BCUT2D eigenvalue weighted by atomic mass is 10.0. The van der Waals surface area contributed by atoms with Crippen molar-refractivity contribution >= 4 is 16.9 Å². The van der Waals surface area contributed by atoms with Gasteiger partial charge < -0.3 is 4.90 Å². The molecule has 1 fully saturated rings. The fraction of sp³-hybridized carbons (Fsp3) is 0.438. The topological polar surface area (TPSA) is 55.2 Å². The fourth-order valence-electron chi connectivity index (χ4n) is 3.00. The zero-order chi connectivity index (χ0) is 15.0. The predicted molar refractivity (Wildman–Crippen MR) is 81.3 cm³/mol. The molecule has 0 aliphatic carbocycles. The summed E-state index contributed by atoms with van der Waals surface area (Å²) in [5.41, 5.74) is 0.571. The van der Waals surface area contributed by atoms with Gasteiger partial charge in [0.2, 0.25) is 0 Å². The van der Waals surface area contributed by atoms with Gasteiger partial charge in [0.05, 0.1) is 0 Å². The van der Waals surface area contributed by atoms with Crippen molar-refractivity contribution in [3.05, 3.63) is 40.3 Å². The molecule has 0 radical (unpaired) electrons. The largest absolute Gasteiger partial charge is 0.336 e. The standard InChI is InChI=1S/C16H19N3O2/c1-11-6-3-4-9-19(11)16(21)13-10-12-7-5-8-17-14(12)18(2)15(13)20/h5,7-8,10-11H,3-4,6,9H2,1-2H3/t11-/m1/s1. The molecule has 1 amide bonds. The Balaban J connectivity index is 2.09. The van der Waals surface area contributed by atoms with Gasteiger partial charge in [-0.15, -0.1) is 0 Å². The van der Waals surface area contributed by atoms with Crippen molar-refractivity contribution in [1.82, 2.24) is 14.5 Å². The van der Waals surface area contributed by atoms with Gasteiger partial charge >= 0.3 is 0 Å². The van der Waals surface area contributed by atoms with Crippen LogP contribution in [0.4, 0.5) is 0 Å². The highest BCUT2D eigenvalue weighted by molar-refractivity contribution is 5.97. The SMILES string of the molecule is C[C@@H]1CCCCN1C(=O)c1cc2cccnc2n(C)c1=O. The second-order valence-corrected chi connectivity index (χ2v) is 5.68. The van der Waals surface area contributed by atoms with Crippen LogP contribution in [-0.4, -0.2) is 32.9 Å². The van der Waals surface area contributed by atoms with Gasteiger partial charge in [-0.25, -0.2) is 4.98 Å². The molecule has 21 heavy (non-hydrogen) atoms. The highest BCUT2D eigenvalue weighted by Gasteiger charge is 2.26. The van der Waals surface area contributed by atoms with E-state index in [0.29, 0.717) is 5.65 Å². The molecule has 0 saturated carbocycles. The number of piperidine rings is 1. The number of aromatic nitrogens is 2. The monoisotopic (exact) mass is 285 g/mol. The maximum atomic E-state index is 12.7. The summed E-state index contributed by atoms with van der Waals surface area (Å²) in [6.45, 7) is 2.78. The Hall–Kier alpha value is -2.17. The van der Waals surface area contributed by atoms with Gasteiger partial charge in [-0.2, -0.15) is 0 Å². The molecule has 2 aromatic rings. The number of hydrogen-bond acceptors (Lipinski definition) is 3. The molecule has 1 aliphatic heterocycles. The van der Waals surface area contributed by atoms with E-state index in [-0.39, 0.29) is 23.1 Å². The maximum Gasteiger partial charge on any atom is 0.264 e. The first-order chi connectivity index (χ1) is 10.1. The molecule has 0 spiro atoms. The maximum absolute atomic E-state index is 12.7. The van der Waals surface area contributed by atoms with Crippen molar-refractivity contribution < 1.29 is 4.79 Å². The predicted octanol–water partition coefficient (Wildman–Crippen LogP) is 1.95. The average molecular weight is 285 g/mol. The van der Waals surface area contributed by atoms with Crippen molar-refractivity contribution in [3.63, 3.8) is 0 Å². The van der Waals surface area contributed by atoms with Crippen molar-refractivity contribution in [3.8, 4) is 0 Å². The van der Waals surface area contributed by atoms with Crippen LogP contribution in [0.1, 0.15) is 36.5 Å². The summed E-state index contributed by atoms with van der Waals surface area (Å²) < 4.78 is 1.46. The summed E-state index contributed by atoms with van der Waals surface area (Å²) in [6.07, 6.45) is 4.80. The van der Waals surface area contributed by atoms with E-state index in [1.807, 2.05) is 24.0 Å². The molecule has 0 unspecified atom stereocenters. The first kappa shape index (κ1) is 13.8. The number of pyridine rings is 2. The number of aryl methyl sites for hydroxylation is 1. The number of nitrogens with zero attached hydrogens (tertiary/aromatic N) is 3. The summed E-state index contributed by atoms with van der Waals surface area (Å²) >= 11 is 0. The molecular formula is C16H19N3O2. The van der Waals surface area contributed by atoms with E-state index in [1.54, 1.807) is 19.3 Å². The molecule has 5 nitrogen and oxygen atoms in total. The second-order valence-electron chi connectivity index (χ2n) is 5.68. The Labute approximate surface area is 123 Å². The summed E-state index contributed by atoms with van der Waals surface area (Å²) in [5.74, 6) is -0.159. The van der Waals surface area contributed by atoms with Crippen LogP contribution in [-0.2, 0) is 7.05 Å². The van der Waals surface area contributed by atoms with Gasteiger partial charge in [0, 0.05) is 31.2 Å². The van der Waals surface area contributed by atoms with E-state index < -0.39 is 0 Å². The van der Waals surface area contributed by atoms with Crippen LogP contribution in [0.15, 0.2) is 29.2 Å². The normalized spacial score (nSPS) is 19.0. The molecule has 3 heterocycles. The van der Waals surface area contributed by atoms with E-state index in [0.717, 1.165) is 31.2 Å². The minimum atomic E-state index is -0.274. The van der Waals surface area contributed by atoms with Crippen LogP contribution in [0, 0.1) is 0 Å². The van der Waals surface area contributed by atoms with Crippen molar-refractivity contribution in [2.24, 2.45) is 7.05 Å². The molecule has 1 aliphatic rings. The van der Waals surface area contributed by atoms with Crippen LogP contribution >= 0.6 is 0 Å². The van der Waals surface area contributed by atoms with E-state index in [2.05, 4.69) is 4.98 Å². The summed E-state index contributed by atoms with van der Waals surface area (Å²) in [4.78, 5) is 31.2. The van der Waals surface area contributed by atoms with Gasteiger partial charge in [-0.05, 0) is 44.4 Å². The first-order valence-corrected chi connectivity index (χ1v) is 7.35. The molecule has 110 valence electrons. The Bertz CT molecular complexity index is 751. The highest BCUT2D eigenvalue weighted by atomic mass is 16.2. The zero-order valence-electron chi connectivity index (χ0n) is 12.4. The smallest absolute Gasteiger partial charge is 0.264 e. The Morgan fingerprint density at radius 2 is 2.19 bits per heavy atom. The van der Waals surface area contributed by atoms with E-state index >= 15 is 0 Å². The van der Waals surface area contributed by atoms with Crippen molar-refractivity contribution in [1.29, 1.82) is 0 Å². The molecular weight excluding hydrogens is 266 g/mol. The van der Waals surface area contributed by atoms with Gasteiger partial charge in [0.1, 0.15) is 11.2 Å². The summed E-state index contributed by atoms with van der Waals surface area (Å²) in [7, 11) is 1.66. The Morgan fingerprint density at radius 3 is 2.95 bits per heavy atom. The minimum Gasteiger partial charge on any atom is -0.336 e. The lowest BCUT2D eigenvalue weighted by Crippen LogP contribution is -2.44. The molecule has 0 aromatic carbocycles. The molecule has 5 heteroatoms. The van der Waals surface area contributed by atoms with Crippen LogP contribution in [0.3, 0.4) is 0 Å². The number of rotatable bonds is 1. The third-order valence-corrected chi connectivity index (χ3v) is 4.26. The number of fused-ring (bicyclic) bond motifs is 1. The minimum absolute atomic E-state index is 0.159. The quantitative estimate of drug-likeness (QED) is 0.804. The molecule has 1 saturated heterocycles. The molecule has 0 bridgehead atoms. The van der Waals surface area contributed by atoms with Gasteiger partial charge in [-0.1, -0.05) is 0 Å². The molecule has 2 aromatic heterocycles. The van der Waals surface area contributed by atoms with Crippen LogP contribution in [0.25, 0.3) is 11.0 Å². The van der Waals surface area contributed by atoms with Gasteiger partial charge in [-0.3, -0.25) is 14.2 Å². The van der Waals surface area contributed by atoms with Crippen molar-refractivity contribution in [2.45, 2.75) is 32.2 Å². The zero-order valence-corrected chi connectivity index (χ0v) is 12.4. The number of carbonyl (C=O) groups is 1. The van der Waals surface area contributed by atoms with Gasteiger partial charge in [0.25, 0.3) is 11.5 Å². The third kappa shape index (κ3) is 2.33. The molecule has 1 atom stereocenters. The fourth-order valence-corrected chi connectivity index (χ4v) is 3.00. The third-order valence-electron chi connectivity index (χ3n) is 4.26. The second kappa shape index (κ2) is 5.31. The van der Waals surface area contributed by atoms with E-state index in [4.69, 9.17) is 0 Å². The number of amides is 1. The lowest BCUT2D eigenvalue weighted by Gasteiger charge is -2.33. The lowest BCUT2D eigenvalue weighted by molar-refractivity contribution is 0.0633. The van der Waals surface area contributed by atoms with E-state index in [9.17, 15) is 9.59 Å². The summed E-state index contributed by atoms with van der Waals surface area (Å²) in [6, 6.07) is 5.55. The number of likely N-dealkylation sites (tertiary alicyclic amines) is 1. The average Bonchev–Trinajstić information content (AvgIpc) is 2.51. The summed E-state index contributed by atoms with van der Waals surface area (Å²) in [5, 5.41) is 0.813. The van der Waals surface area contributed by atoms with Crippen LogP contribution < -0.4 is 5.56 Å². The Kier molecular flexibility index (Phi) is 3.49. The molecule has 3 rings (SSSR count). The van der Waals surface area contributed by atoms with Crippen LogP contribution in [0.5, 0.6) is 0 Å². The van der Waals surface area contributed by atoms with Crippen LogP contribution in [0.2, 0.25) is 0 Å². The Morgan fingerprint density at radius 1 is 1.38 bits per heavy atom. The first-order valence-electron chi connectivity index (χ1n) is 7.35. The van der Waals surface area contributed by atoms with E-state index in [1.165, 1.54) is 4.57 Å². The van der Waals surface area contributed by atoms with Crippen molar-refractivity contribution in [2.75, 3.05) is 6.54 Å². The van der Waals surface area contributed by atoms with Gasteiger partial charge in [0.15, 0.2) is 0 Å².